The molecule has 1 unspecified atom stereocenters. The third kappa shape index (κ3) is 3.96. The fourth-order valence-electron chi connectivity index (χ4n) is 4.30. The quantitative estimate of drug-likeness (QED) is 0.426. The first-order valence-electron chi connectivity index (χ1n) is 10.7. The lowest BCUT2D eigenvalue weighted by Gasteiger charge is -2.27. The molecule has 7 heteroatoms. The number of Topliss-reactive ketones (excluding diaryl/α,β-unsaturated/α-hetero) is 1. The van der Waals surface area contributed by atoms with Gasteiger partial charge in [0.15, 0.2) is 0 Å². The van der Waals surface area contributed by atoms with Crippen LogP contribution in [0.4, 0.5) is 0 Å². The summed E-state index contributed by atoms with van der Waals surface area (Å²) in [5.74, 6) is -0.142. The fourth-order valence-corrected chi connectivity index (χ4v) is 4.30. The van der Waals surface area contributed by atoms with Crippen molar-refractivity contribution >= 4 is 17.4 Å². The van der Waals surface area contributed by atoms with Crippen molar-refractivity contribution in [1.29, 1.82) is 0 Å². The number of likely N-dealkylation sites (N-methyl/N-ethyl adjacent to an activating group) is 1. The molecule has 0 saturated carbocycles. The molecule has 0 aromatic heterocycles. The molecule has 2 aliphatic heterocycles. The van der Waals surface area contributed by atoms with E-state index in [1.807, 2.05) is 49.3 Å². The van der Waals surface area contributed by atoms with Gasteiger partial charge in [0.25, 0.3) is 11.7 Å². The number of ketones is 1. The largest absolute Gasteiger partial charge is 0.507 e. The Bertz CT molecular complexity index is 1080. The highest BCUT2D eigenvalue weighted by atomic mass is 16.5. The number of rotatable bonds is 6. The fraction of sp³-hybridized carbons (Fsp3) is 0.360. The van der Waals surface area contributed by atoms with Crippen molar-refractivity contribution in [3.63, 3.8) is 0 Å². The molecule has 0 aliphatic carbocycles. The molecule has 4 rings (SSSR count). The molecule has 1 fully saturated rings. The number of ether oxygens (including phenoxy) is 2. The Labute approximate surface area is 187 Å². The minimum Gasteiger partial charge on any atom is -0.507 e. The van der Waals surface area contributed by atoms with Gasteiger partial charge in [-0.25, -0.2) is 0 Å². The number of aryl methyl sites for hydroxylation is 1. The van der Waals surface area contributed by atoms with E-state index in [2.05, 4.69) is 0 Å². The molecule has 0 bridgehead atoms. The topological polar surface area (TPSA) is 79.3 Å². The van der Waals surface area contributed by atoms with E-state index < -0.39 is 17.7 Å². The van der Waals surface area contributed by atoms with E-state index in [0.717, 1.165) is 24.2 Å². The Hall–Kier alpha value is -3.32. The molecule has 7 nitrogen and oxygen atoms in total. The first kappa shape index (κ1) is 21.9. The zero-order valence-electron chi connectivity index (χ0n) is 18.6. The highest BCUT2D eigenvalue weighted by Gasteiger charge is 2.46. The maximum absolute atomic E-state index is 13.2. The number of aliphatic hydroxyl groups is 1. The number of nitrogens with zero attached hydrogens (tertiary/aromatic N) is 2. The lowest BCUT2D eigenvalue weighted by atomic mass is 9.93. The predicted octanol–water partition coefficient (Wildman–Crippen LogP) is 3.00. The Morgan fingerprint density at radius 3 is 2.75 bits per heavy atom. The molecule has 1 atom stereocenters. The number of para-hydroxylation sites is 1. The van der Waals surface area contributed by atoms with Crippen molar-refractivity contribution in [3.8, 4) is 11.5 Å². The zero-order chi connectivity index (χ0) is 22.8. The monoisotopic (exact) mass is 436 g/mol. The normalized spacial score (nSPS) is 19.8. The van der Waals surface area contributed by atoms with Crippen LogP contribution in [0.25, 0.3) is 5.76 Å². The van der Waals surface area contributed by atoms with Crippen LogP contribution >= 0.6 is 0 Å². The number of aliphatic hydroxyl groups excluding tert-OH is 1. The number of carbonyl (C=O) groups is 2. The van der Waals surface area contributed by atoms with Crippen LogP contribution in [0.2, 0.25) is 0 Å². The van der Waals surface area contributed by atoms with Gasteiger partial charge in [-0.2, -0.15) is 0 Å². The van der Waals surface area contributed by atoms with Gasteiger partial charge in [0, 0.05) is 24.2 Å². The van der Waals surface area contributed by atoms with E-state index in [9.17, 15) is 14.7 Å². The van der Waals surface area contributed by atoms with E-state index in [0.29, 0.717) is 36.6 Å². The van der Waals surface area contributed by atoms with Gasteiger partial charge >= 0.3 is 0 Å². The third-order valence-electron chi connectivity index (χ3n) is 5.94. The Morgan fingerprint density at radius 2 is 2.00 bits per heavy atom. The van der Waals surface area contributed by atoms with E-state index >= 15 is 0 Å². The van der Waals surface area contributed by atoms with Crippen LogP contribution in [0.15, 0.2) is 48.0 Å². The summed E-state index contributed by atoms with van der Waals surface area (Å²) in [4.78, 5) is 29.7. The maximum Gasteiger partial charge on any atom is 0.295 e. The van der Waals surface area contributed by atoms with Crippen molar-refractivity contribution in [2.45, 2.75) is 18.9 Å². The van der Waals surface area contributed by atoms with Gasteiger partial charge < -0.3 is 24.4 Å². The van der Waals surface area contributed by atoms with Crippen molar-refractivity contribution < 1.29 is 24.2 Å². The number of methoxy groups -OCH3 is 1. The SMILES string of the molecule is COc1ccccc1C1/C(=C(\O)c2ccc3c(c2)CCCO3)C(=O)C(=O)N1CCN(C)C. The number of amides is 1. The molecule has 168 valence electrons. The molecule has 1 saturated heterocycles. The Balaban J connectivity index is 1.85. The lowest BCUT2D eigenvalue weighted by Crippen LogP contribution is -2.35. The van der Waals surface area contributed by atoms with Crippen molar-refractivity contribution in [2.24, 2.45) is 0 Å². The summed E-state index contributed by atoms with van der Waals surface area (Å²) in [6.07, 6.45) is 1.73. The van der Waals surface area contributed by atoms with E-state index in [4.69, 9.17) is 9.47 Å². The summed E-state index contributed by atoms with van der Waals surface area (Å²) in [6, 6.07) is 11.9. The average Bonchev–Trinajstić information content (AvgIpc) is 3.06. The maximum atomic E-state index is 13.2. The number of benzene rings is 2. The number of hydrogen-bond donors (Lipinski definition) is 1. The van der Waals surface area contributed by atoms with Gasteiger partial charge in [0.1, 0.15) is 17.3 Å². The molecule has 2 aromatic rings. The Morgan fingerprint density at radius 1 is 1.22 bits per heavy atom. The van der Waals surface area contributed by atoms with Crippen LogP contribution in [0.3, 0.4) is 0 Å². The smallest absolute Gasteiger partial charge is 0.295 e. The standard InChI is InChI=1S/C25H28N2O5/c1-26(2)12-13-27-22(18-8-4-5-9-20(18)31-3)21(24(29)25(27)30)23(28)17-10-11-19-16(15-17)7-6-14-32-19/h4-5,8-11,15,22,28H,6-7,12-14H2,1-3H3/b23-21+. The van der Waals surface area contributed by atoms with Gasteiger partial charge in [0.2, 0.25) is 0 Å². The van der Waals surface area contributed by atoms with Crippen LogP contribution < -0.4 is 9.47 Å². The highest BCUT2D eigenvalue weighted by molar-refractivity contribution is 6.46. The molecular formula is C25H28N2O5. The first-order chi connectivity index (χ1) is 15.4. The molecule has 1 N–H and O–H groups in total. The second kappa shape index (κ2) is 9.04. The van der Waals surface area contributed by atoms with Crippen LogP contribution in [-0.4, -0.2) is 67.5 Å². The molecule has 0 spiro atoms. The van der Waals surface area contributed by atoms with Crippen LogP contribution in [0.5, 0.6) is 11.5 Å². The van der Waals surface area contributed by atoms with Gasteiger partial charge in [-0.05, 0) is 56.8 Å². The number of fused-ring (bicyclic) bond motifs is 1. The van der Waals surface area contributed by atoms with E-state index in [1.165, 1.54) is 4.90 Å². The van der Waals surface area contributed by atoms with Crippen molar-refractivity contribution in [1.82, 2.24) is 9.80 Å². The molecule has 32 heavy (non-hydrogen) atoms. The second-order valence-corrected chi connectivity index (χ2v) is 8.31. The summed E-state index contributed by atoms with van der Waals surface area (Å²) in [5.41, 5.74) is 2.22. The molecule has 2 heterocycles. The van der Waals surface area contributed by atoms with Crippen LogP contribution in [0, 0.1) is 0 Å². The minimum atomic E-state index is -0.738. The van der Waals surface area contributed by atoms with E-state index in [1.54, 1.807) is 19.2 Å². The predicted molar refractivity (Wildman–Crippen MR) is 121 cm³/mol. The van der Waals surface area contributed by atoms with Gasteiger partial charge in [-0.1, -0.05) is 18.2 Å². The second-order valence-electron chi connectivity index (χ2n) is 8.31. The average molecular weight is 437 g/mol. The highest BCUT2D eigenvalue weighted by Crippen LogP contribution is 2.43. The van der Waals surface area contributed by atoms with Crippen LogP contribution in [0.1, 0.15) is 29.2 Å². The summed E-state index contributed by atoms with van der Waals surface area (Å²) < 4.78 is 11.2. The van der Waals surface area contributed by atoms with Gasteiger partial charge in [-0.3, -0.25) is 9.59 Å². The Kier molecular flexibility index (Phi) is 6.19. The molecule has 1 amide bonds. The van der Waals surface area contributed by atoms with Crippen molar-refractivity contribution in [2.75, 3.05) is 40.9 Å². The summed E-state index contributed by atoms with van der Waals surface area (Å²) >= 11 is 0. The van der Waals surface area contributed by atoms with E-state index in [-0.39, 0.29) is 11.3 Å². The van der Waals surface area contributed by atoms with Gasteiger partial charge in [-0.15, -0.1) is 0 Å². The minimum absolute atomic E-state index is 0.0786. The molecule has 0 radical (unpaired) electrons. The summed E-state index contributed by atoms with van der Waals surface area (Å²) in [5, 5.41) is 11.3. The molecule has 2 aromatic carbocycles. The first-order valence-corrected chi connectivity index (χ1v) is 10.7. The lowest BCUT2D eigenvalue weighted by molar-refractivity contribution is -0.140. The van der Waals surface area contributed by atoms with Crippen molar-refractivity contribution in [3.05, 3.63) is 64.7 Å². The summed E-state index contributed by atoms with van der Waals surface area (Å²) in [7, 11) is 5.36. The number of likely N-dealkylation sites (tertiary alicyclic amines) is 1. The van der Waals surface area contributed by atoms with Crippen LogP contribution in [-0.2, 0) is 16.0 Å². The zero-order valence-corrected chi connectivity index (χ0v) is 18.6. The number of hydrogen-bond acceptors (Lipinski definition) is 6. The van der Waals surface area contributed by atoms with Gasteiger partial charge in [0.05, 0.1) is 25.3 Å². The summed E-state index contributed by atoms with van der Waals surface area (Å²) in [6.45, 7) is 1.59. The third-order valence-corrected chi connectivity index (χ3v) is 5.94. The molecule has 2 aliphatic rings. The molecular weight excluding hydrogens is 408 g/mol. The number of carbonyl (C=O) groups excluding carboxylic acids is 2.